The molecular formula is C12H14BrNO3S. The summed E-state index contributed by atoms with van der Waals surface area (Å²) < 4.78 is 0.980. The van der Waals surface area contributed by atoms with Gasteiger partial charge in [-0.3, -0.25) is 4.79 Å². The zero-order chi connectivity index (χ0) is 13.5. The first-order valence-electron chi connectivity index (χ1n) is 5.43. The molecule has 2 N–H and O–H groups in total. The fourth-order valence-electron chi connectivity index (χ4n) is 1.25. The van der Waals surface area contributed by atoms with Gasteiger partial charge in [0.1, 0.15) is 6.04 Å². The van der Waals surface area contributed by atoms with Crippen LogP contribution in [-0.2, 0) is 9.59 Å². The first-order chi connectivity index (χ1) is 8.52. The number of thioether (sulfide) groups is 1. The Bertz CT molecular complexity index is 422. The van der Waals surface area contributed by atoms with Crippen LogP contribution < -0.4 is 5.32 Å². The Morgan fingerprint density at radius 2 is 2.00 bits per heavy atom. The van der Waals surface area contributed by atoms with Crippen LogP contribution in [0.5, 0.6) is 0 Å². The first kappa shape index (κ1) is 15.0. The number of carbonyl (C=O) groups is 2. The smallest absolute Gasteiger partial charge is 0.326 e. The van der Waals surface area contributed by atoms with Crippen molar-refractivity contribution in [3.63, 3.8) is 0 Å². The van der Waals surface area contributed by atoms with Crippen molar-refractivity contribution in [2.75, 3.05) is 5.75 Å². The third-order valence-corrected chi connectivity index (χ3v) is 3.77. The molecule has 0 radical (unpaired) electrons. The maximum atomic E-state index is 11.6. The molecule has 1 atom stereocenters. The second-order valence-corrected chi connectivity index (χ2v) is 5.57. The van der Waals surface area contributed by atoms with E-state index in [0.29, 0.717) is 6.42 Å². The fraction of sp³-hybridized carbons (Fsp3) is 0.333. The van der Waals surface area contributed by atoms with E-state index in [1.807, 2.05) is 24.3 Å². The molecule has 0 bridgehead atoms. The van der Waals surface area contributed by atoms with Crippen LogP contribution in [0.1, 0.15) is 13.3 Å². The summed E-state index contributed by atoms with van der Waals surface area (Å²) in [5.41, 5.74) is 0. The number of carboxylic acid groups (broad SMARTS) is 1. The minimum Gasteiger partial charge on any atom is -0.480 e. The quantitative estimate of drug-likeness (QED) is 0.786. The van der Waals surface area contributed by atoms with Gasteiger partial charge in [-0.1, -0.05) is 22.9 Å². The van der Waals surface area contributed by atoms with Gasteiger partial charge in [0, 0.05) is 9.37 Å². The van der Waals surface area contributed by atoms with E-state index in [4.69, 9.17) is 5.11 Å². The molecule has 0 aromatic heterocycles. The topological polar surface area (TPSA) is 66.4 Å². The van der Waals surface area contributed by atoms with Crippen LogP contribution in [0.25, 0.3) is 0 Å². The Labute approximate surface area is 118 Å². The van der Waals surface area contributed by atoms with Gasteiger partial charge in [-0.15, -0.1) is 11.8 Å². The molecule has 1 aromatic carbocycles. The van der Waals surface area contributed by atoms with Crippen molar-refractivity contribution < 1.29 is 14.7 Å². The van der Waals surface area contributed by atoms with Crippen LogP contribution in [0, 0.1) is 0 Å². The lowest BCUT2D eigenvalue weighted by atomic mass is 10.2. The minimum atomic E-state index is -1.00. The van der Waals surface area contributed by atoms with E-state index < -0.39 is 12.0 Å². The fourth-order valence-corrected chi connectivity index (χ4v) is 2.23. The van der Waals surface area contributed by atoms with E-state index in [1.54, 1.807) is 6.92 Å². The predicted octanol–water partition coefficient (Wildman–Crippen LogP) is 2.52. The van der Waals surface area contributed by atoms with E-state index >= 15 is 0 Å². The van der Waals surface area contributed by atoms with Gasteiger partial charge in [-0.05, 0) is 30.7 Å². The van der Waals surface area contributed by atoms with Crippen LogP contribution in [-0.4, -0.2) is 28.8 Å². The van der Waals surface area contributed by atoms with Gasteiger partial charge in [0.25, 0.3) is 0 Å². The average Bonchev–Trinajstić information content (AvgIpc) is 2.35. The van der Waals surface area contributed by atoms with E-state index in [0.717, 1.165) is 9.37 Å². The van der Waals surface area contributed by atoms with Gasteiger partial charge in [0.05, 0.1) is 5.75 Å². The molecule has 1 rings (SSSR count). The van der Waals surface area contributed by atoms with Crippen LogP contribution in [0.4, 0.5) is 0 Å². The highest BCUT2D eigenvalue weighted by Crippen LogP contribution is 2.20. The Balaban J connectivity index is 2.41. The van der Waals surface area contributed by atoms with Gasteiger partial charge in [-0.25, -0.2) is 4.79 Å². The summed E-state index contributed by atoms with van der Waals surface area (Å²) in [7, 11) is 0. The molecular weight excluding hydrogens is 318 g/mol. The number of hydrogen-bond acceptors (Lipinski definition) is 3. The predicted molar refractivity (Wildman–Crippen MR) is 74.7 cm³/mol. The van der Waals surface area contributed by atoms with Crippen molar-refractivity contribution in [3.05, 3.63) is 28.7 Å². The van der Waals surface area contributed by atoms with Gasteiger partial charge in [-0.2, -0.15) is 0 Å². The molecule has 1 amide bonds. The summed E-state index contributed by atoms with van der Waals surface area (Å²) in [6.45, 7) is 1.72. The summed E-state index contributed by atoms with van der Waals surface area (Å²) in [4.78, 5) is 23.3. The average molecular weight is 332 g/mol. The van der Waals surface area contributed by atoms with Gasteiger partial charge < -0.3 is 10.4 Å². The number of carbonyl (C=O) groups excluding carboxylic acids is 1. The molecule has 0 saturated carbocycles. The van der Waals surface area contributed by atoms with Crippen LogP contribution >= 0.6 is 27.7 Å². The maximum absolute atomic E-state index is 11.6. The molecule has 0 heterocycles. The molecule has 98 valence electrons. The molecule has 0 fully saturated rings. The third-order valence-electron chi connectivity index (χ3n) is 2.23. The van der Waals surface area contributed by atoms with Crippen LogP contribution in [0.15, 0.2) is 33.6 Å². The number of rotatable bonds is 6. The van der Waals surface area contributed by atoms with E-state index in [9.17, 15) is 9.59 Å². The number of amides is 1. The second-order valence-electron chi connectivity index (χ2n) is 3.61. The maximum Gasteiger partial charge on any atom is 0.326 e. The lowest BCUT2D eigenvalue weighted by Gasteiger charge is -2.11. The molecule has 0 saturated heterocycles. The SMILES string of the molecule is CC[C@H](NC(=O)CSc1ccc(Br)cc1)C(=O)O. The lowest BCUT2D eigenvalue weighted by Crippen LogP contribution is -2.41. The van der Waals surface area contributed by atoms with Crippen molar-refractivity contribution in [1.29, 1.82) is 0 Å². The number of aliphatic carboxylic acids is 1. The number of nitrogens with one attached hydrogen (secondary N) is 1. The first-order valence-corrected chi connectivity index (χ1v) is 7.21. The Kier molecular flexibility index (Phi) is 6.21. The highest BCUT2D eigenvalue weighted by molar-refractivity contribution is 9.10. The van der Waals surface area contributed by atoms with E-state index in [2.05, 4.69) is 21.2 Å². The molecule has 0 spiro atoms. The zero-order valence-electron chi connectivity index (χ0n) is 9.85. The Hall–Kier alpha value is -1.01. The molecule has 1 aromatic rings. The zero-order valence-corrected chi connectivity index (χ0v) is 12.3. The number of benzene rings is 1. The van der Waals surface area contributed by atoms with Crippen molar-refractivity contribution in [3.8, 4) is 0 Å². The van der Waals surface area contributed by atoms with Crippen molar-refractivity contribution in [2.24, 2.45) is 0 Å². The highest BCUT2D eigenvalue weighted by atomic mass is 79.9. The van der Waals surface area contributed by atoms with Crippen LogP contribution in [0.3, 0.4) is 0 Å². The monoisotopic (exact) mass is 331 g/mol. The summed E-state index contributed by atoms with van der Waals surface area (Å²) in [5, 5.41) is 11.3. The molecule has 6 heteroatoms. The molecule has 18 heavy (non-hydrogen) atoms. The lowest BCUT2D eigenvalue weighted by molar-refractivity contribution is -0.141. The molecule has 4 nitrogen and oxygen atoms in total. The molecule has 0 aliphatic rings. The Morgan fingerprint density at radius 1 is 1.39 bits per heavy atom. The third kappa shape index (κ3) is 5.10. The molecule has 0 aliphatic carbocycles. The Morgan fingerprint density at radius 3 is 2.50 bits per heavy atom. The van der Waals surface area contributed by atoms with Crippen LogP contribution in [0.2, 0.25) is 0 Å². The van der Waals surface area contributed by atoms with Gasteiger partial charge in [0.2, 0.25) is 5.91 Å². The summed E-state index contributed by atoms with van der Waals surface area (Å²) >= 11 is 4.71. The number of hydrogen-bond donors (Lipinski definition) is 2. The number of carboxylic acids is 1. The second kappa shape index (κ2) is 7.43. The largest absolute Gasteiger partial charge is 0.480 e. The summed E-state index contributed by atoms with van der Waals surface area (Å²) in [5.74, 6) is -1.05. The van der Waals surface area contributed by atoms with E-state index in [-0.39, 0.29) is 11.7 Å². The normalized spacial score (nSPS) is 11.9. The van der Waals surface area contributed by atoms with Crippen molar-refractivity contribution >= 4 is 39.6 Å². The van der Waals surface area contributed by atoms with Crippen molar-refractivity contribution in [2.45, 2.75) is 24.3 Å². The molecule has 0 unspecified atom stereocenters. The van der Waals surface area contributed by atoms with Crippen molar-refractivity contribution in [1.82, 2.24) is 5.32 Å². The summed E-state index contributed by atoms with van der Waals surface area (Å²) in [6, 6.07) is 6.79. The van der Waals surface area contributed by atoms with Gasteiger partial charge in [0.15, 0.2) is 0 Å². The van der Waals surface area contributed by atoms with E-state index in [1.165, 1.54) is 11.8 Å². The molecule has 0 aliphatic heterocycles. The minimum absolute atomic E-state index is 0.214. The standard InChI is InChI=1S/C12H14BrNO3S/c1-2-10(12(16)17)14-11(15)7-18-9-5-3-8(13)4-6-9/h3-6,10H,2,7H2,1H3,(H,14,15)(H,16,17)/t10-/m0/s1. The summed E-state index contributed by atoms with van der Waals surface area (Å²) in [6.07, 6.45) is 0.379. The van der Waals surface area contributed by atoms with Gasteiger partial charge >= 0.3 is 5.97 Å². The highest BCUT2D eigenvalue weighted by Gasteiger charge is 2.17. The number of halogens is 1.